The van der Waals surface area contributed by atoms with Gasteiger partial charge in [0, 0.05) is 43.4 Å². The van der Waals surface area contributed by atoms with E-state index in [0.717, 1.165) is 19.1 Å². The molecule has 0 saturated carbocycles. The van der Waals surface area contributed by atoms with E-state index in [9.17, 15) is 26.7 Å². The number of carbonyl (C=O) groups is 1. The van der Waals surface area contributed by atoms with Gasteiger partial charge in [-0.3, -0.25) is 9.52 Å². The molecule has 11 nitrogen and oxygen atoms in total. The third-order valence-corrected chi connectivity index (χ3v) is 10.4. The molecular weight excluding hydrogens is 618 g/mol. The zero-order valence-electron chi connectivity index (χ0n) is 25.2. The summed E-state index contributed by atoms with van der Waals surface area (Å²) in [6, 6.07) is 9.61. The molecule has 240 valence electrons. The van der Waals surface area contributed by atoms with E-state index in [1.54, 1.807) is 13.0 Å². The highest BCUT2D eigenvalue weighted by Crippen LogP contribution is 2.29. The molecule has 0 aromatic heterocycles. The lowest BCUT2D eigenvalue weighted by molar-refractivity contribution is -0.00828. The third kappa shape index (κ3) is 9.79. The first kappa shape index (κ1) is 35.1. The molecule has 0 bridgehead atoms. The Morgan fingerprint density at radius 3 is 2.42 bits per heavy atom. The zero-order chi connectivity index (χ0) is 31.9. The minimum Gasteiger partial charge on any atom is -0.490 e. The van der Waals surface area contributed by atoms with Crippen molar-refractivity contribution in [3.63, 3.8) is 0 Å². The fourth-order valence-corrected chi connectivity index (χ4v) is 6.26. The highest BCUT2D eigenvalue weighted by atomic mass is 35.5. The summed E-state index contributed by atoms with van der Waals surface area (Å²) in [6.07, 6.45) is 2.52. The van der Waals surface area contributed by atoms with Gasteiger partial charge in [0.05, 0.1) is 41.6 Å². The van der Waals surface area contributed by atoms with Crippen molar-refractivity contribution < 1.29 is 36.2 Å². The molecule has 1 amide bonds. The second kappa shape index (κ2) is 15.0. The second-order valence-corrected chi connectivity index (χ2v) is 15.3. The number of ether oxygens (including phenoxy) is 2. The van der Waals surface area contributed by atoms with Gasteiger partial charge in [-0.1, -0.05) is 18.5 Å². The van der Waals surface area contributed by atoms with Crippen LogP contribution in [0.2, 0.25) is 5.02 Å². The number of hydrogen-bond acceptors (Lipinski definition) is 8. The summed E-state index contributed by atoms with van der Waals surface area (Å²) in [4.78, 5) is 15.7. The van der Waals surface area contributed by atoms with Crippen molar-refractivity contribution in [2.45, 2.75) is 63.2 Å². The van der Waals surface area contributed by atoms with Crippen molar-refractivity contribution >= 4 is 43.2 Å². The Morgan fingerprint density at radius 2 is 1.79 bits per heavy atom. The highest BCUT2D eigenvalue weighted by molar-refractivity contribution is 7.92. The van der Waals surface area contributed by atoms with Gasteiger partial charge in [0.2, 0.25) is 10.0 Å². The molecule has 1 heterocycles. The second-order valence-electron chi connectivity index (χ2n) is 11.1. The predicted octanol–water partition coefficient (Wildman–Crippen LogP) is 3.83. The van der Waals surface area contributed by atoms with Crippen LogP contribution in [0.4, 0.5) is 5.69 Å². The van der Waals surface area contributed by atoms with Crippen LogP contribution >= 0.6 is 11.6 Å². The fourth-order valence-electron chi connectivity index (χ4n) is 4.67. The molecule has 0 radical (unpaired) electrons. The minimum absolute atomic E-state index is 0.00244. The van der Waals surface area contributed by atoms with Crippen LogP contribution in [-0.4, -0.2) is 94.9 Å². The zero-order valence-corrected chi connectivity index (χ0v) is 27.6. The number of hydrogen-bond donors (Lipinski definition) is 2. The molecular formula is C29H42ClN3O8S2. The summed E-state index contributed by atoms with van der Waals surface area (Å²) in [5.41, 5.74) is 0.276. The average molecular weight is 660 g/mol. The monoisotopic (exact) mass is 659 g/mol. The van der Waals surface area contributed by atoms with Crippen LogP contribution in [0.3, 0.4) is 0 Å². The molecule has 43 heavy (non-hydrogen) atoms. The van der Waals surface area contributed by atoms with Gasteiger partial charge in [0.25, 0.3) is 15.9 Å². The van der Waals surface area contributed by atoms with Crippen LogP contribution < -0.4 is 9.46 Å². The molecule has 0 unspecified atom stereocenters. The number of aliphatic hydroxyl groups excluding tert-OH is 1. The van der Waals surface area contributed by atoms with Gasteiger partial charge < -0.3 is 19.5 Å². The molecule has 1 aliphatic rings. The van der Waals surface area contributed by atoms with E-state index in [4.69, 9.17) is 21.1 Å². The van der Waals surface area contributed by atoms with Crippen molar-refractivity contribution in [1.29, 1.82) is 0 Å². The number of halogens is 1. The van der Waals surface area contributed by atoms with Crippen molar-refractivity contribution in [2.75, 3.05) is 44.3 Å². The lowest BCUT2D eigenvalue weighted by Gasteiger charge is -2.35. The van der Waals surface area contributed by atoms with E-state index >= 15 is 0 Å². The Morgan fingerprint density at radius 1 is 1.12 bits per heavy atom. The molecule has 0 aliphatic carbocycles. The largest absolute Gasteiger partial charge is 0.490 e. The molecule has 1 aliphatic heterocycles. The van der Waals surface area contributed by atoms with Crippen LogP contribution in [0.15, 0.2) is 47.4 Å². The van der Waals surface area contributed by atoms with E-state index in [2.05, 4.69) is 4.72 Å². The molecule has 4 atom stereocenters. The quantitative estimate of drug-likeness (QED) is 0.436. The summed E-state index contributed by atoms with van der Waals surface area (Å²) in [7, 11) is -5.98. The summed E-state index contributed by atoms with van der Waals surface area (Å²) in [6.45, 7) is 5.77. The van der Waals surface area contributed by atoms with E-state index in [0.29, 0.717) is 18.1 Å². The Kier molecular flexibility index (Phi) is 12.3. The maximum atomic E-state index is 14.2. The number of sulfonamides is 2. The van der Waals surface area contributed by atoms with E-state index in [-0.39, 0.29) is 53.6 Å². The molecule has 3 rings (SSSR count). The van der Waals surface area contributed by atoms with E-state index in [1.807, 2.05) is 13.8 Å². The van der Waals surface area contributed by atoms with Crippen molar-refractivity contribution in [1.82, 2.24) is 9.21 Å². The number of likely N-dealkylation sites (N-methyl/N-ethyl adjacent to an activating group) is 1. The Bertz CT molecular complexity index is 1450. The van der Waals surface area contributed by atoms with Crippen LogP contribution in [-0.2, 0) is 24.8 Å². The molecule has 0 saturated heterocycles. The highest BCUT2D eigenvalue weighted by Gasteiger charge is 2.31. The topological polar surface area (TPSA) is 143 Å². The number of benzene rings is 2. The first-order valence-electron chi connectivity index (χ1n) is 14.2. The number of amides is 1. The van der Waals surface area contributed by atoms with Crippen LogP contribution in [0, 0.1) is 5.92 Å². The van der Waals surface area contributed by atoms with Crippen LogP contribution in [0.25, 0.3) is 0 Å². The van der Waals surface area contributed by atoms with Gasteiger partial charge in [-0.25, -0.2) is 21.1 Å². The van der Waals surface area contributed by atoms with Gasteiger partial charge in [0.1, 0.15) is 5.75 Å². The summed E-state index contributed by atoms with van der Waals surface area (Å²) >= 11 is 5.91. The number of anilines is 1. The maximum Gasteiger partial charge on any atom is 0.261 e. The fraction of sp³-hybridized carbons (Fsp3) is 0.552. The van der Waals surface area contributed by atoms with Gasteiger partial charge in [0.15, 0.2) is 0 Å². The number of nitrogens with one attached hydrogen (secondary N) is 1. The van der Waals surface area contributed by atoms with Gasteiger partial charge in [-0.05, 0) is 75.6 Å². The maximum absolute atomic E-state index is 14.2. The molecule has 2 aromatic rings. The SMILES string of the molecule is C[C@H](CO)N1C[C@H](C)[C@@H](CN(C)S(C)(=O)=O)OCCCC[C@H](C)Oc2ccc(NS(=O)(=O)c3ccc(Cl)cc3)cc2C1=O. The Balaban J connectivity index is 2.02. The summed E-state index contributed by atoms with van der Waals surface area (Å²) < 4.78 is 66.5. The van der Waals surface area contributed by atoms with Gasteiger partial charge in [-0.15, -0.1) is 0 Å². The lowest BCUT2D eigenvalue weighted by atomic mass is 10.0. The van der Waals surface area contributed by atoms with Crippen molar-refractivity contribution in [2.24, 2.45) is 5.92 Å². The van der Waals surface area contributed by atoms with Gasteiger partial charge in [-0.2, -0.15) is 0 Å². The van der Waals surface area contributed by atoms with E-state index in [1.165, 1.54) is 52.7 Å². The van der Waals surface area contributed by atoms with Gasteiger partial charge >= 0.3 is 0 Å². The number of carbonyl (C=O) groups excluding carboxylic acids is 1. The molecule has 14 heteroatoms. The number of aliphatic hydroxyl groups is 1. The number of nitrogens with zero attached hydrogens (tertiary/aromatic N) is 2. The lowest BCUT2D eigenvalue weighted by Crippen LogP contribution is -2.47. The van der Waals surface area contributed by atoms with Crippen molar-refractivity contribution in [3.8, 4) is 5.75 Å². The molecule has 0 fully saturated rings. The number of fused-ring (bicyclic) bond motifs is 1. The molecule has 2 N–H and O–H groups in total. The minimum atomic E-state index is -3.99. The average Bonchev–Trinajstić information content (AvgIpc) is 2.94. The standard InChI is InChI=1S/C29H42ClN3O8S2/c1-20-17-33(21(2)19-34)29(35)26-16-24(31-43(38,39)25-12-9-23(30)10-13-25)11-14-27(26)41-22(3)8-6-7-15-40-28(20)18-32(4)42(5,36)37/h9-14,16,20-22,28,31,34H,6-8,15,17-19H2,1-5H3/t20-,21+,22-,28+/m0/s1. The van der Waals surface area contributed by atoms with Crippen molar-refractivity contribution in [3.05, 3.63) is 53.1 Å². The normalized spacial score (nSPS) is 21.9. The first-order chi connectivity index (χ1) is 20.1. The van der Waals surface area contributed by atoms with E-state index < -0.39 is 38.1 Å². The third-order valence-electron chi connectivity index (χ3n) is 7.43. The van der Waals surface area contributed by atoms with Crippen LogP contribution in [0.1, 0.15) is 50.4 Å². The molecule has 2 aromatic carbocycles. The summed E-state index contributed by atoms with van der Waals surface area (Å²) in [5.74, 6) is -0.508. The predicted molar refractivity (Wildman–Crippen MR) is 167 cm³/mol. The van der Waals surface area contributed by atoms with Crippen LogP contribution in [0.5, 0.6) is 5.75 Å². The molecule has 0 spiro atoms. The Labute approximate surface area is 260 Å². The Hall–Kier alpha value is -2.42. The first-order valence-corrected chi connectivity index (χ1v) is 17.9. The summed E-state index contributed by atoms with van der Waals surface area (Å²) in [5, 5.41) is 10.5. The number of rotatable bonds is 8. The smallest absolute Gasteiger partial charge is 0.261 e.